The maximum atomic E-state index is 12.7. The Balaban J connectivity index is 0.00000222. The third kappa shape index (κ3) is 7.14. The Morgan fingerprint density at radius 3 is 2.36 bits per heavy atom. The normalized spacial score (nSPS) is 23.1. The highest BCUT2D eigenvalue weighted by atomic mass is 32.1. The number of hydrogen-bond donors (Lipinski definition) is 5. The fraction of sp³-hybridized carbons (Fsp3) is 0.696. The number of aromatic nitrogens is 1. The minimum absolute atomic E-state index is 0.151. The number of aliphatic hydroxyl groups is 2. The Bertz CT molecular complexity index is 950. The van der Waals surface area contributed by atoms with Crippen molar-refractivity contribution < 1.29 is 38.9 Å². The summed E-state index contributed by atoms with van der Waals surface area (Å²) in [6.45, 7) is 4.46. The van der Waals surface area contributed by atoms with Crippen LogP contribution >= 0.6 is 11.3 Å². The van der Waals surface area contributed by atoms with Crippen molar-refractivity contribution in [2.45, 2.75) is 75.5 Å². The third-order valence-electron chi connectivity index (χ3n) is 6.24. The van der Waals surface area contributed by atoms with E-state index < -0.39 is 42.1 Å². The maximum Gasteiger partial charge on any atom is 0.408 e. The number of nitrogens with zero attached hydrogens (tertiary/aromatic N) is 1. The van der Waals surface area contributed by atoms with E-state index in [1.54, 1.807) is 5.38 Å². The highest BCUT2D eigenvalue weighted by Gasteiger charge is 2.57. The average molecular weight is 529 g/mol. The van der Waals surface area contributed by atoms with Gasteiger partial charge in [-0.15, -0.1) is 11.3 Å². The molecule has 2 saturated carbocycles. The Kier molecular flexibility index (Phi) is 9.80. The molecule has 1 aromatic rings. The van der Waals surface area contributed by atoms with Gasteiger partial charge >= 0.3 is 12.1 Å². The van der Waals surface area contributed by atoms with Crippen molar-refractivity contribution in [1.29, 1.82) is 0 Å². The van der Waals surface area contributed by atoms with Crippen molar-refractivity contribution in [2.24, 2.45) is 0 Å². The summed E-state index contributed by atoms with van der Waals surface area (Å²) in [7, 11) is 2.19. The predicted molar refractivity (Wildman–Crippen MR) is 130 cm³/mol. The first-order chi connectivity index (χ1) is 16.9. The Labute approximate surface area is 214 Å². The second kappa shape index (κ2) is 12.0. The molecule has 1 unspecified atom stereocenters. The highest BCUT2D eigenvalue weighted by Crippen LogP contribution is 2.58. The molecule has 2 aliphatic rings. The topological polar surface area (TPSA) is 176 Å². The number of alkyl carbamates (subject to hydrolysis) is 1. The van der Waals surface area contributed by atoms with Gasteiger partial charge in [0.2, 0.25) is 5.91 Å². The van der Waals surface area contributed by atoms with Crippen LogP contribution in [0.25, 0.3) is 0 Å². The van der Waals surface area contributed by atoms with Gasteiger partial charge in [0, 0.05) is 23.4 Å². The lowest BCUT2D eigenvalue weighted by atomic mass is 9.84. The molecule has 13 heteroatoms. The summed E-state index contributed by atoms with van der Waals surface area (Å²) < 4.78 is 9.87. The number of carbonyl (C=O) groups excluding carboxylic acids is 4. The first kappa shape index (κ1) is 29.5. The van der Waals surface area contributed by atoms with Gasteiger partial charge in [-0.05, 0) is 52.9 Å². The molecule has 3 rings (SSSR count). The van der Waals surface area contributed by atoms with Gasteiger partial charge in [-0.1, -0.05) is 0 Å². The van der Waals surface area contributed by atoms with Gasteiger partial charge in [-0.25, -0.2) is 9.78 Å². The van der Waals surface area contributed by atoms with Crippen LogP contribution in [0.15, 0.2) is 5.38 Å². The molecule has 202 valence electrons. The van der Waals surface area contributed by atoms with Crippen molar-refractivity contribution in [1.82, 2.24) is 20.9 Å². The van der Waals surface area contributed by atoms with Crippen LogP contribution in [0, 0.1) is 0 Å². The number of nitrogens with one attached hydrogen (secondary N) is 3. The molecule has 0 aliphatic heterocycles. The van der Waals surface area contributed by atoms with Crippen LogP contribution in [-0.2, 0) is 24.5 Å². The zero-order valence-electron chi connectivity index (χ0n) is 21.3. The minimum Gasteiger partial charge on any atom is -0.468 e. The first-order valence-corrected chi connectivity index (χ1v) is 12.5. The van der Waals surface area contributed by atoms with E-state index in [4.69, 9.17) is 9.84 Å². The second-order valence-electron chi connectivity index (χ2n) is 9.90. The Morgan fingerprint density at radius 2 is 1.81 bits per heavy atom. The van der Waals surface area contributed by atoms with Gasteiger partial charge in [0.1, 0.15) is 23.9 Å². The molecule has 1 atom stereocenters. The Morgan fingerprint density at radius 1 is 1.17 bits per heavy atom. The van der Waals surface area contributed by atoms with E-state index in [0.29, 0.717) is 0 Å². The smallest absolute Gasteiger partial charge is 0.408 e. The summed E-state index contributed by atoms with van der Waals surface area (Å²) in [5, 5.41) is 26.7. The quantitative estimate of drug-likeness (QED) is 0.303. The molecule has 0 saturated heterocycles. The van der Waals surface area contributed by atoms with E-state index in [-0.39, 0.29) is 23.2 Å². The molecule has 2 aliphatic carbocycles. The Hall–Kier alpha value is -2.77. The molecule has 2 bridgehead atoms. The number of hydrogen-bond acceptors (Lipinski definition) is 10. The van der Waals surface area contributed by atoms with Gasteiger partial charge in [-0.3, -0.25) is 14.4 Å². The fourth-order valence-electron chi connectivity index (χ4n) is 4.59. The lowest BCUT2D eigenvalue weighted by Gasteiger charge is -2.29. The summed E-state index contributed by atoms with van der Waals surface area (Å²) in [6.07, 6.45) is 3.59. The SMILES string of the molecule is CO.COC(=O)CNC(=O)C(CO)NC(=O)c1csc(C23CCC(NC(=O)OC(C)(C)C)(CC2)C3)n1. The predicted octanol–water partition coefficient (Wildman–Crippen LogP) is 0.611. The van der Waals surface area contributed by atoms with Gasteiger partial charge < -0.3 is 35.6 Å². The number of carbonyl (C=O) groups is 4. The van der Waals surface area contributed by atoms with Crippen LogP contribution in [-0.4, -0.2) is 83.6 Å². The maximum absolute atomic E-state index is 12.7. The standard InChI is InChI=1S/C22H32N4O7S.CH4O/c1-20(2,3)33-19(31)26-22-7-5-21(12-22,6-8-22)18-25-14(11-34-18)17(30)24-13(10-27)16(29)23-9-15(28)32-4;1-2/h11,13,27H,5-10,12H2,1-4H3,(H,23,29)(H,24,30)(H,26,31);2H,1H3. The van der Waals surface area contributed by atoms with Crippen LogP contribution < -0.4 is 16.0 Å². The monoisotopic (exact) mass is 528 g/mol. The number of aliphatic hydroxyl groups excluding tert-OH is 2. The summed E-state index contributed by atoms with van der Waals surface area (Å²) in [4.78, 5) is 52.9. The molecule has 0 radical (unpaired) electrons. The van der Waals surface area contributed by atoms with Crippen LogP contribution in [0.2, 0.25) is 0 Å². The molecule has 0 aromatic carbocycles. The highest BCUT2D eigenvalue weighted by molar-refractivity contribution is 7.10. The number of thiazole rings is 1. The molecule has 12 nitrogen and oxygen atoms in total. The largest absolute Gasteiger partial charge is 0.468 e. The van der Waals surface area contributed by atoms with E-state index in [1.807, 2.05) is 20.8 Å². The van der Waals surface area contributed by atoms with Gasteiger partial charge in [-0.2, -0.15) is 0 Å². The molecule has 1 heterocycles. The van der Waals surface area contributed by atoms with Crippen LogP contribution in [0.1, 0.15) is 68.4 Å². The summed E-state index contributed by atoms with van der Waals surface area (Å²) in [5.74, 6) is -1.95. The number of amides is 3. The number of fused-ring (bicyclic) bond motifs is 2. The molecule has 36 heavy (non-hydrogen) atoms. The molecule has 1 aromatic heterocycles. The summed E-state index contributed by atoms with van der Waals surface area (Å²) in [5.41, 5.74) is -0.976. The number of rotatable bonds is 8. The molecule has 2 fully saturated rings. The van der Waals surface area contributed by atoms with Crippen molar-refractivity contribution >= 4 is 35.2 Å². The van der Waals surface area contributed by atoms with Crippen molar-refractivity contribution in [2.75, 3.05) is 27.4 Å². The van der Waals surface area contributed by atoms with Crippen LogP contribution in [0.5, 0.6) is 0 Å². The molecule has 5 N–H and O–H groups in total. The van der Waals surface area contributed by atoms with Gasteiger partial charge in [0.25, 0.3) is 5.91 Å². The van der Waals surface area contributed by atoms with Crippen molar-refractivity contribution in [3.63, 3.8) is 0 Å². The van der Waals surface area contributed by atoms with E-state index in [0.717, 1.165) is 44.2 Å². The van der Waals surface area contributed by atoms with Gasteiger partial charge in [0.05, 0.1) is 18.7 Å². The first-order valence-electron chi connectivity index (χ1n) is 11.6. The van der Waals surface area contributed by atoms with Crippen molar-refractivity contribution in [3.8, 4) is 0 Å². The van der Waals surface area contributed by atoms with Gasteiger partial charge in [0.15, 0.2) is 0 Å². The second-order valence-corrected chi connectivity index (χ2v) is 10.8. The fourth-order valence-corrected chi connectivity index (χ4v) is 5.65. The molecular formula is C23H36N4O8S. The zero-order valence-corrected chi connectivity index (χ0v) is 22.1. The van der Waals surface area contributed by atoms with E-state index in [9.17, 15) is 24.3 Å². The minimum atomic E-state index is -1.23. The van der Waals surface area contributed by atoms with Crippen molar-refractivity contribution in [3.05, 3.63) is 16.1 Å². The van der Waals surface area contributed by atoms with E-state index >= 15 is 0 Å². The molecular weight excluding hydrogens is 492 g/mol. The van der Waals surface area contributed by atoms with Crippen LogP contribution in [0.3, 0.4) is 0 Å². The summed E-state index contributed by atoms with van der Waals surface area (Å²) >= 11 is 1.37. The van der Waals surface area contributed by atoms with E-state index in [1.165, 1.54) is 18.4 Å². The molecule has 3 amide bonds. The van der Waals surface area contributed by atoms with Crippen LogP contribution in [0.4, 0.5) is 4.79 Å². The molecule has 0 spiro atoms. The van der Waals surface area contributed by atoms with E-state index in [2.05, 4.69) is 25.7 Å². The lowest BCUT2D eigenvalue weighted by molar-refractivity contribution is -0.141. The number of esters is 1. The average Bonchev–Trinajstić information content (AvgIpc) is 3.55. The third-order valence-corrected chi connectivity index (χ3v) is 7.33. The number of ether oxygens (including phenoxy) is 2. The zero-order chi connectivity index (χ0) is 27.1. The lowest BCUT2D eigenvalue weighted by Crippen LogP contribution is -2.50. The summed E-state index contributed by atoms with van der Waals surface area (Å²) in [6, 6.07) is -1.23. The number of methoxy groups -OCH3 is 1.